The summed E-state index contributed by atoms with van der Waals surface area (Å²) in [5.74, 6) is 0.241. The molecule has 0 amide bonds. The van der Waals surface area contributed by atoms with Crippen LogP contribution in [0.3, 0.4) is 0 Å². The van der Waals surface area contributed by atoms with Crippen molar-refractivity contribution < 1.29 is 18.3 Å². The lowest BCUT2D eigenvalue weighted by Gasteiger charge is -2.23. The highest BCUT2D eigenvalue weighted by atomic mass is 19.3. The van der Waals surface area contributed by atoms with Crippen molar-refractivity contribution in [3.63, 3.8) is 0 Å². The predicted molar refractivity (Wildman–Crippen MR) is 68.5 cm³/mol. The van der Waals surface area contributed by atoms with Gasteiger partial charge >= 0.3 is 6.61 Å². The summed E-state index contributed by atoms with van der Waals surface area (Å²) in [7, 11) is 0. The number of benzene rings is 1. The summed E-state index contributed by atoms with van der Waals surface area (Å²) < 4.78 is 34.6. The Morgan fingerprint density at radius 1 is 1.47 bits per heavy atom. The molecule has 5 heteroatoms. The Balaban J connectivity index is 1.98. The van der Waals surface area contributed by atoms with Crippen LogP contribution in [-0.4, -0.2) is 25.9 Å². The van der Waals surface area contributed by atoms with Gasteiger partial charge in [-0.05, 0) is 25.8 Å². The van der Waals surface area contributed by atoms with Gasteiger partial charge in [0.15, 0.2) is 0 Å². The van der Waals surface area contributed by atoms with Crippen molar-refractivity contribution in [2.24, 2.45) is 0 Å². The molecule has 106 valence electrons. The number of ether oxygens (including phenoxy) is 2. The summed E-state index contributed by atoms with van der Waals surface area (Å²) >= 11 is 0. The van der Waals surface area contributed by atoms with Gasteiger partial charge in [0.1, 0.15) is 5.75 Å². The third kappa shape index (κ3) is 4.44. The van der Waals surface area contributed by atoms with Gasteiger partial charge in [0.2, 0.25) is 0 Å². The highest BCUT2D eigenvalue weighted by Gasteiger charge is 2.15. The van der Waals surface area contributed by atoms with E-state index in [-0.39, 0.29) is 11.8 Å². The van der Waals surface area contributed by atoms with E-state index < -0.39 is 6.61 Å². The molecule has 2 rings (SSSR count). The lowest BCUT2D eigenvalue weighted by molar-refractivity contribution is -0.0505. The summed E-state index contributed by atoms with van der Waals surface area (Å²) in [4.78, 5) is 0. The van der Waals surface area contributed by atoms with Crippen LogP contribution in [0.2, 0.25) is 0 Å². The van der Waals surface area contributed by atoms with Crippen LogP contribution in [0.15, 0.2) is 18.2 Å². The molecule has 1 fully saturated rings. The molecule has 19 heavy (non-hydrogen) atoms. The fourth-order valence-corrected chi connectivity index (χ4v) is 2.21. The van der Waals surface area contributed by atoms with Crippen molar-refractivity contribution in [2.45, 2.75) is 39.0 Å². The van der Waals surface area contributed by atoms with E-state index in [0.717, 1.165) is 30.6 Å². The molecule has 1 aliphatic rings. The minimum absolute atomic E-state index is 0.241. The second-order valence-corrected chi connectivity index (χ2v) is 4.78. The van der Waals surface area contributed by atoms with Gasteiger partial charge in [-0.2, -0.15) is 8.78 Å². The first kappa shape index (κ1) is 14.2. The zero-order chi connectivity index (χ0) is 13.7. The number of nitrogens with one attached hydrogen (secondary N) is 1. The maximum Gasteiger partial charge on any atom is 0.387 e. The molecule has 1 saturated heterocycles. The Morgan fingerprint density at radius 3 is 3.00 bits per heavy atom. The van der Waals surface area contributed by atoms with Crippen molar-refractivity contribution in [2.75, 3.05) is 13.2 Å². The molecule has 0 spiro atoms. The van der Waals surface area contributed by atoms with Crippen LogP contribution >= 0.6 is 0 Å². The van der Waals surface area contributed by atoms with Crippen LogP contribution in [0, 0.1) is 6.92 Å². The van der Waals surface area contributed by atoms with Crippen molar-refractivity contribution in [3.8, 4) is 5.75 Å². The van der Waals surface area contributed by atoms with Gasteiger partial charge in [0.05, 0.1) is 6.61 Å². The number of rotatable bonds is 5. The molecule has 1 N–H and O–H groups in total. The quantitative estimate of drug-likeness (QED) is 0.893. The number of alkyl halides is 2. The number of aryl methyl sites for hydroxylation is 1. The third-order valence-corrected chi connectivity index (χ3v) is 3.17. The van der Waals surface area contributed by atoms with Crippen LogP contribution in [0.5, 0.6) is 5.75 Å². The van der Waals surface area contributed by atoms with Crippen molar-refractivity contribution in [3.05, 3.63) is 29.3 Å². The zero-order valence-electron chi connectivity index (χ0n) is 11.0. The topological polar surface area (TPSA) is 30.5 Å². The molecule has 0 radical (unpaired) electrons. The molecule has 0 unspecified atom stereocenters. The number of hydrogen-bond acceptors (Lipinski definition) is 3. The Hall–Kier alpha value is -1.20. The number of hydrogen-bond donors (Lipinski definition) is 1. The molecule has 1 aliphatic heterocycles. The van der Waals surface area contributed by atoms with Gasteiger partial charge < -0.3 is 14.8 Å². The second-order valence-electron chi connectivity index (χ2n) is 4.78. The highest BCUT2D eigenvalue weighted by Crippen LogP contribution is 2.22. The fourth-order valence-electron chi connectivity index (χ4n) is 2.21. The first-order valence-corrected chi connectivity index (χ1v) is 6.50. The minimum Gasteiger partial charge on any atom is -0.434 e. The van der Waals surface area contributed by atoms with Crippen LogP contribution in [0.4, 0.5) is 8.78 Å². The molecule has 1 heterocycles. The molecular formula is C14H19F2NO2. The van der Waals surface area contributed by atoms with Crippen LogP contribution in [0.1, 0.15) is 24.0 Å². The maximum atomic E-state index is 12.3. The van der Waals surface area contributed by atoms with Gasteiger partial charge in [0.25, 0.3) is 0 Å². The zero-order valence-corrected chi connectivity index (χ0v) is 11.0. The van der Waals surface area contributed by atoms with E-state index in [1.54, 1.807) is 12.1 Å². The third-order valence-electron chi connectivity index (χ3n) is 3.17. The normalized spacial score (nSPS) is 19.7. The minimum atomic E-state index is -2.79. The van der Waals surface area contributed by atoms with Crippen molar-refractivity contribution in [1.82, 2.24) is 5.32 Å². The smallest absolute Gasteiger partial charge is 0.387 e. The lowest BCUT2D eigenvalue weighted by atomic mass is 10.1. The molecule has 0 aromatic heterocycles. The largest absolute Gasteiger partial charge is 0.434 e. The van der Waals surface area contributed by atoms with Gasteiger partial charge in [-0.15, -0.1) is 0 Å². The van der Waals surface area contributed by atoms with Crippen molar-refractivity contribution >= 4 is 0 Å². The average Bonchev–Trinajstić information content (AvgIpc) is 2.40. The SMILES string of the molecule is Cc1ccc(OC(F)F)c(CN[C@@H]2CCCOC2)c1. The molecule has 1 aromatic carbocycles. The van der Waals surface area contributed by atoms with E-state index >= 15 is 0 Å². The van der Waals surface area contributed by atoms with Crippen LogP contribution < -0.4 is 10.1 Å². The number of halogens is 2. The van der Waals surface area contributed by atoms with Gasteiger partial charge in [-0.1, -0.05) is 17.7 Å². The molecule has 0 saturated carbocycles. The molecular weight excluding hydrogens is 252 g/mol. The molecule has 0 bridgehead atoms. The molecule has 1 atom stereocenters. The Kier molecular flexibility index (Phi) is 5.10. The fraction of sp³-hybridized carbons (Fsp3) is 0.571. The van der Waals surface area contributed by atoms with Crippen LogP contribution in [0.25, 0.3) is 0 Å². The van der Waals surface area contributed by atoms with Crippen LogP contribution in [-0.2, 0) is 11.3 Å². The molecule has 1 aromatic rings. The van der Waals surface area contributed by atoms with Crippen molar-refractivity contribution in [1.29, 1.82) is 0 Å². The van der Waals surface area contributed by atoms with E-state index in [1.807, 2.05) is 13.0 Å². The summed E-state index contributed by atoms with van der Waals surface area (Å²) in [5, 5.41) is 3.33. The van der Waals surface area contributed by atoms with E-state index in [4.69, 9.17) is 4.74 Å². The summed E-state index contributed by atoms with van der Waals surface area (Å²) in [6, 6.07) is 5.52. The summed E-state index contributed by atoms with van der Waals surface area (Å²) in [5.41, 5.74) is 1.78. The van der Waals surface area contributed by atoms with E-state index in [9.17, 15) is 8.78 Å². The second kappa shape index (κ2) is 6.82. The Morgan fingerprint density at radius 2 is 2.32 bits per heavy atom. The maximum absolute atomic E-state index is 12.3. The standard InChI is InChI=1S/C14H19F2NO2/c1-10-4-5-13(19-14(15)16)11(7-10)8-17-12-3-2-6-18-9-12/h4-5,7,12,14,17H,2-3,6,8-9H2,1H3/t12-/m1/s1. The molecule has 0 aliphatic carbocycles. The first-order chi connectivity index (χ1) is 9.15. The van der Waals surface area contributed by atoms with Gasteiger partial charge in [0, 0.05) is 24.8 Å². The summed E-state index contributed by atoms with van der Waals surface area (Å²) in [6.07, 6.45) is 2.09. The highest BCUT2D eigenvalue weighted by molar-refractivity contribution is 5.36. The lowest BCUT2D eigenvalue weighted by Crippen LogP contribution is -2.36. The van der Waals surface area contributed by atoms with E-state index in [0.29, 0.717) is 13.2 Å². The summed E-state index contributed by atoms with van der Waals surface area (Å²) in [6.45, 7) is 1.13. The van der Waals surface area contributed by atoms with E-state index in [1.165, 1.54) is 0 Å². The Bertz CT molecular complexity index is 406. The first-order valence-electron chi connectivity index (χ1n) is 6.50. The molecule has 3 nitrogen and oxygen atoms in total. The predicted octanol–water partition coefficient (Wildman–Crippen LogP) is 2.87. The average molecular weight is 271 g/mol. The van der Waals surface area contributed by atoms with E-state index in [2.05, 4.69) is 10.1 Å². The van der Waals surface area contributed by atoms with Gasteiger partial charge in [-0.25, -0.2) is 0 Å². The Labute approximate surface area is 111 Å². The monoisotopic (exact) mass is 271 g/mol. The van der Waals surface area contributed by atoms with Gasteiger partial charge in [-0.3, -0.25) is 0 Å².